The number of nitriles is 1. The molecule has 0 fully saturated rings. The van der Waals surface area contributed by atoms with Crippen molar-refractivity contribution in [3.05, 3.63) is 65.2 Å². The van der Waals surface area contributed by atoms with E-state index in [1.165, 1.54) is 18.9 Å². The lowest BCUT2D eigenvalue weighted by atomic mass is 9.85. The van der Waals surface area contributed by atoms with Gasteiger partial charge in [0.2, 0.25) is 0 Å². The highest BCUT2D eigenvalue weighted by molar-refractivity contribution is 5.96. The summed E-state index contributed by atoms with van der Waals surface area (Å²) in [7, 11) is 0. The van der Waals surface area contributed by atoms with Gasteiger partial charge >= 0.3 is 5.97 Å². The molecular formula is C24H27NO2. The summed E-state index contributed by atoms with van der Waals surface area (Å²) in [6.45, 7) is 4.36. The Morgan fingerprint density at radius 3 is 2.44 bits per heavy atom. The van der Waals surface area contributed by atoms with Crippen molar-refractivity contribution >= 4 is 12.0 Å². The summed E-state index contributed by atoms with van der Waals surface area (Å²) in [6.07, 6.45) is 7.08. The van der Waals surface area contributed by atoms with Gasteiger partial charge in [0.25, 0.3) is 0 Å². The van der Waals surface area contributed by atoms with Gasteiger partial charge in [-0.2, -0.15) is 5.26 Å². The van der Waals surface area contributed by atoms with Crippen molar-refractivity contribution in [1.82, 2.24) is 0 Å². The van der Waals surface area contributed by atoms with Crippen molar-refractivity contribution in [2.45, 2.75) is 51.9 Å². The highest BCUT2D eigenvalue weighted by Crippen LogP contribution is 2.33. The first-order valence-electron chi connectivity index (χ1n) is 9.65. The number of hydrogen-bond acceptors (Lipinski definition) is 2. The minimum Gasteiger partial charge on any atom is -0.477 e. The van der Waals surface area contributed by atoms with Crippen LogP contribution in [0.15, 0.2) is 54.1 Å². The second kappa shape index (κ2) is 10.3. The fraction of sp³-hybridized carbons (Fsp3) is 0.333. The Hall–Kier alpha value is -2.86. The number of carboxylic acid groups (broad SMARTS) is 1. The number of unbranched alkanes of at least 4 members (excludes halogenated alkanes) is 2. The number of carbonyl (C=O) groups is 1. The van der Waals surface area contributed by atoms with Gasteiger partial charge in [0.05, 0.1) is 0 Å². The Morgan fingerprint density at radius 1 is 1.11 bits per heavy atom. The summed E-state index contributed by atoms with van der Waals surface area (Å²) in [5.41, 5.74) is 3.98. The minimum atomic E-state index is -1.19. The molecule has 1 unspecified atom stereocenters. The molecule has 0 spiro atoms. The quantitative estimate of drug-likeness (QED) is 0.318. The zero-order valence-electron chi connectivity index (χ0n) is 16.1. The zero-order chi connectivity index (χ0) is 19.6. The van der Waals surface area contributed by atoms with Gasteiger partial charge in [0, 0.05) is 0 Å². The molecule has 27 heavy (non-hydrogen) atoms. The maximum atomic E-state index is 11.3. The van der Waals surface area contributed by atoms with Crippen molar-refractivity contribution in [2.24, 2.45) is 0 Å². The molecule has 0 aliphatic rings. The standard InChI is InChI=1S/C24H27NO2/c1-3-5-7-10-18(4-2)23-16-20(19-11-8-6-9-12-19)13-14-21(23)15-22(17-25)24(26)27/h6,8-9,11-16,18H,3-5,7,10H2,1-2H3,(H,26,27)/b22-15+. The number of rotatable bonds is 9. The lowest BCUT2D eigenvalue weighted by Gasteiger charge is -2.19. The highest BCUT2D eigenvalue weighted by atomic mass is 16.4. The first-order chi connectivity index (χ1) is 13.1. The highest BCUT2D eigenvalue weighted by Gasteiger charge is 2.16. The molecule has 140 valence electrons. The van der Waals surface area contributed by atoms with Crippen LogP contribution >= 0.6 is 0 Å². The van der Waals surface area contributed by atoms with Crippen molar-refractivity contribution in [1.29, 1.82) is 5.26 Å². The van der Waals surface area contributed by atoms with Crippen LogP contribution in [0, 0.1) is 11.3 Å². The van der Waals surface area contributed by atoms with Crippen LogP contribution in [0.2, 0.25) is 0 Å². The normalized spacial score (nSPS) is 12.4. The average Bonchev–Trinajstić information content (AvgIpc) is 2.70. The molecule has 0 radical (unpaired) electrons. The van der Waals surface area contributed by atoms with Crippen molar-refractivity contribution in [2.75, 3.05) is 0 Å². The van der Waals surface area contributed by atoms with Crippen LogP contribution in [0.1, 0.15) is 63.0 Å². The largest absolute Gasteiger partial charge is 0.477 e. The Kier molecular flexibility index (Phi) is 7.82. The fourth-order valence-electron chi connectivity index (χ4n) is 3.39. The first kappa shape index (κ1) is 20.5. The molecule has 0 aliphatic carbocycles. The SMILES string of the molecule is CCCCCC(CC)c1cc(-c2ccccc2)ccc1/C=C(\C#N)C(=O)O. The second-order valence-corrected chi connectivity index (χ2v) is 6.79. The molecule has 1 N–H and O–H groups in total. The molecule has 3 heteroatoms. The van der Waals surface area contributed by atoms with Crippen LogP contribution in [-0.2, 0) is 4.79 Å². The molecule has 2 aromatic rings. The first-order valence-corrected chi connectivity index (χ1v) is 9.65. The van der Waals surface area contributed by atoms with E-state index in [9.17, 15) is 9.90 Å². The average molecular weight is 361 g/mol. The maximum Gasteiger partial charge on any atom is 0.346 e. The van der Waals surface area contributed by atoms with Crippen molar-refractivity contribution in [3.8, 4) is 17.2 Å². The number of hydrogen-bond donors (Lipinski definition) is 1. The molecule has 0 amide bonds. The summed E-state index contributed by atoms with van der Waals surface area (Å²) >= 11 is 0. The van der Waals surface area contributed by atoms with E-state index >= 15 is 0 Å². The predicted molar refractivity (Wildman–Crippen MR) is 110 cm³/mol. The monoisotopic (exact) mass is 361 g/mol. The molecular weight excluding hydrogens is 334 g/mol. The van der Waals surface area contributed by atoms with Gasteiger partial charge in [0.1, 0.15) is 11.6 Å². The predicted octanol–water partition coefficient (Wildman–Crippen LogP) is 6.42. The van der Waals surface area contributed by atoms with Crippen molar-refractivity contribution in [3.63, 3.8) is 0 Å². The number of nitrogens with zero attached hydrogens (tertiary/aromatic N) is 1. The van der Waals surface area contributed by atoms with Gasteiger partial charge < -0.3 is 5.11 Å². The second-order valence-electron chi connectivity index (χ2n) is 6.79. The molecule has 0 saturated carbocycles. The third-order valence-electron chi connectivity index (χ3n) is 4.93. The Bertz CT molecular complexity index is 831. The molecule has 2 rings (SSSR count). The van der Waals surface area contributed by atoms with E-state index in [1.54, 1.807) is 6.07 Å². The van der Waals surface area contributed by atoms with Gasteiger partial charge in [-0.15, -0.1) is 0 Å². The molecule has 0 saturated heterocycles. The van der Waals surface area contributed by atoms with E-state index in [4.69, 9.17) is 5.26 Å². The van der Waals surface area contributed by atoms with E-state index in [0.717, 1.165) is 41.5 Å². The van der Waals surface area contributed by atoms with Gasteiger partial charge in [0.15, 0.2) is 0 Å². The molecule has 0 heterocycles. The van der Waals surface area contributed by atoms with Gasteiger partial charge in [-0.05, 0) is 47.1 Å². The Morgan fingerprint density at radius 2 is 1.85 bits per heavy atom. The third-order valence-corrected chi connectivity index (χ3v) is 4.93. The molecule has 0 aliphatic heterocycles. The van der Waals surface area contributed by atoms with Crippen LogP contribution in [0.5, 0.6) is 0 Å². The number of carboxylic acids is 1. The molecule has 1 atom stereocenters. The smallest absolute Gasteiger partial charge is 0.346 e. The Labute approximate surface area is 162 Å². The van der Waals surface area contributed by atoms with Gasteiger partial charge in [-0.25, -0.2) is 4.79 Å². The van der Waals surface area contributed by atoms with Crippen LogP contribution in [-0.4, -0.2) is 11.1 Å². The lowest BCUT2D eigenvalue weighted by molar-refractivity contribution is -0.132. The van der Waals surface area contributed by atoms with Crippen LogP contribution in [0.4, 0.5) is 0 Å². The number of benzene rings is 2. The summed E-state index contributed by atoms with van der Waals surface area (Å²) in [6, 6.07) is 18.1. The maximum absolute atomic E-state index is 11.3. The summed E-state index contributed by atoms with van der Waals surface area (Å²) in [4.78, 5) is 11.3. The van der Waals surface area contributed by atoms with E-state index in [0.29, 0.717) is 5.92 Å². The van der Waals surface area contributed by atoms with Crippen LogP contribution < -0.4 is 0 Å². The van der Waals surface area contributed by atoms with Gasteiger partial charge in [-0.3, -0.25) is 0 Å². The zero-order valence-corrected chi connectivity index (χ0v) is 16.1. The molecule has 2 aromatic carbocycles. The fourth-order valence-corrected chi connectivity index (χ4v) is 3.39. The number of aliphatic carboxylic acids is 1. The summed E-state index contributed by atoms with van der Waals surface area (Å²) < 4.78 is 0. The van der Waals surface area contributed by atoms with E-state index in [1.807, 2.05) is 30.3 Å². The summed E-state index contributed by atoms with van der Waals surface area (Å²) in [5, 5.41) is 18.4. The molecule has 0 bridgehead atoms. The molecule has 3 nitrogen and oxygen atoms in total. The lowest BCUT2D eigenvalue weighted by Crippen LogP contribution is -2.03. The van der Waals surface area contributed by atoms with E-state index < -0.39 is 5.97 Å². The topological polar surface area (TPSA) is 61.1 Å². The summed E-state index contributed by atoms with van der Waals surface area (Å²) in [5.74, 6) is -0.838. The van der Waals surface area contributed by atoms with E-state index in [-0.39, 0.29) is 5.57 Å². The minimum absolute atomic E-state index is 0.230. The van der Waals surface area contributed by atoms with Crippen molar-refractivity contribution < 1.29 is 9.90 Å². The molecule has 0 aromatic heterocycles. The van der Waals surface area contributed by atoms with Gasteiger partial charge in [-0.1, -0.05) is 81.6 Å². The van der Waals surface area contributed by atoms with E-state index in [2.05, 4.69) is 32.0 Å². The van der Waals surface area contributed by atoms with Crippen LogP contribution in [0.25, 0.3) is 17.2 Å². The van der Waals surface area contributed by atoms with Crippen LogP contribution in [0.3, 0.4) is 0 Å². The third kappa shape index (κ3) is 5.56. The Balaban J connectivity index is 2.52.